The van der Waals surface area contributed by atoms with Crippen LogP contribution in [0.15, 0.2) is 18.5 Å². The van der Waals surface area contributed by atoms with Gasteiger partial charge in [0, 0.05) is 18.4 Å². The van der Waals surface area contributed by atoms with Crippen LogP contribution in [0.25, 0.3) is 0 Å². The van der Waals surface area contributed by atoms with Gasteiger partial charge < -0.3 is 10.1 Å². The predicted octanol–water partition coefficient (Wildman–Crippen LogP) is 1.42. The molecule has 2 rings (SSSR count). The second-order valence-electron chi connectivity index (χ2n) is 3.49. The number of nitrogens with one attached hydrogen (secondary N) is 1. The maximum atomic E-state index is 5.46. The van der Waals surface area contributed by atoms with Crippen molar-refractivity contribution in [2.45, 2.75) is 25.3 Å². The lowest BCUT2D eigenvalue weighted by molar-refractivity contribution is 0.224. The quantitative estimate of drug-likeness (QED) is 0.852. The van der Waals surface area contributed by atoms with Crippen molar-refractivity contribution in [1.29, 1.82) is 0 Å². The van der Waals surface area contributed by atoms with E-state index in [2.05, 4.69) is 15.3 Å². The number of hydrogen-bond acceptors (Lipinski definition) is 4. The van der Waals surface area contributed by atoms with Crippen LogP contribution in [0.5, 0.6) is 6.01 Å². The summed E-state index contributed by atoms with van der Waals surface area (Å²) in [4.78, 5) is 8.00. The van der Waals surface area contributed by atoms with Crippen LogP contribution in [0.3, 0.4) is 0 Å². The van der Waals surface area contributed by atoms with Gasteiger partial charge in [-0.15, -0.1) is 12.4 Å². The summed E-state index contributed by atoms with van der Waals surface area (Å²) < 4.78 is 5.46. The van der Waals surface area contributed by atoms with E-state index in [9.17, 15) is 0 Å². The second-order valence-corrected chi connectivity index (χ2v) is 3.49. The predicted molar refractivity (Wildman–Crippen MR) is 60.4 cm³/mol. The molecule has 1 aromatic heterocycles. The standard InChI is InChI=1S/C10H15N3O.ClH/c1-2-5-11-9(4-1)8-14-10-12-6-3-7-13-10;/h3,6-7,9,11H,1-2,4-5,8H2;1H. The van der Waals surface area contributed by atoms with Crippen LogP contribution in [-0.4, -0.2) is 29.2 Å². The van der Waals surface area contributed by atoms with Gasteiger partial charge in [-0.05, 0) is 25.5 Å². The van der Waals surface area contributed by atoms with Crippen molar-refractivity contribution in [2.75, 3.05) is 13.2 Å². The SMILES string of the molecule is Cl.c1cnc(OCC2CCCCN2)nc1. The average Bonchev–Trinajstić information content (AvgIpc) is 2.29. The van der Waals surface area contributed by atoms with Gasteiger partial charge in [-0.2, -0.15) is 0 Å². The maximum absolute atomic E-state index is 5.46. The highest BCUT2D eigenvalue weighted by molar-refractivity contribution is 5.85. The molecule has 4 nitrogen and oxygen atoms in total. The summed E-state index contributed by atoms with van der Waals surface area (Å²) in [7, 11) is 0. The van der Waals surface area contributed by atoms with Crippen molar-refractivity contribution in [2.24, 2.45) is 0 Å². The Hall–Kier alpha value is -0.870. The summed E-state index contributed by atoms with van der Waals surface area (Å²) in [6, 6.07) is 2.72. The van der Waals surface area contributed by atoms with Crippen LogP contribution in [-0.2, 0) is 0 Å². The third kappa shape index (κ3) is 4.01. The number of aromatic nitrogens is 2. The topological polar surface area (TPSA) is 47.0 Å². The molecule has 1 aliphatic heterocycles. The third-order valence-electron chi connectivity index (χ3n) is 2.37. The Bertz CT molecular complexity index is 265. The lowest BCUT2D eigenvalue weighted by Gasteiger charge is -2.22. The van der Waals surface area contributed by atoms with E-state index in [0.29, 0.717) is 18.7 Å². The Morgan fingerprint density at radius 3 is 2.80 bits per heavy atom. The Balaban J connectivity index is 0.00000112. The largest absolute Gasteiger partial charge is 0.462 e. The molecule has 0 bridgehead atoms. The van der Waals surface area contributed by atoms with Crippen molar-refractivity contribution in [1.82, 2.24) is 15.3 Å². The number of piperidine rings is 1. The lowest BCUT2D eigenvalue weighted by Crippen LogP contribution is -2.38. The molecule has 1 aliphatic rings. The number of rotatable bonds is 3. The minimum atomic E-state index is 0. The summed E-state index contributed by atoms with van der Waals surface area (Å²) in [6.07, 6.45) is 7.13. The van der Waals surface area contributed by atoms with Gasteiger partial charge in [0.15, 0.2) is 0 Å². The normalized spacial score (nSPS) is 20.4. The number of ether oxygens (including phenoxy) is 1. The lowest BCUT2D eigenvalue weighted by atomic mass is 10.1. The molecule has 15 heavy (non-hydrogen) atoms. The first-order valence-corrected chi connectivity index (χ1v) is 5.08. The van der Waals surface area contributed by atoms with Gasteiger partial charge in [0.25, 0.3) is 0 Å². The van der Waals surface area contributed by atoms with Crippen LogP contribution >= 0.6 is 12.4 Å². The van der Waals surface area contributed by atoms with Crippen LogP contribution in [0, 0.1) is 0 Å². The zero-order valence-corrected chi connectivity index (χ0v) is 9.37. The van der Waals surface area contributed by atoms with E-state index in [4.69, 9.17) is 4.74 Å². The number of nitrogens with zero attached hydrogens (tertiary/aromatic N) is 2. The molecule has 0 saturated carbocycles. The molecule has 0 radical (unpaired) electrons. The van der Waals surface area contributed by atoms with E-state index in [1.165, 1.54) is 19.3 Å². The molecule has 2 heterocycles. The molecule has 1 saturated heterocycles. The third-order valence-corrected chi connectivity index (χ3v) is 2.37. The van der Waals surface area contributed by atoms with Gasteiger partial charge in [-0.3, -0.25) is 0 Å². The van der Waals surface area contributed by atoms with Crippen molar-refractivity contribution < 1.29 is 4.74 Å². The van der Waals surface area contributed by atoms with Gasteiger partial charge in [0.2, 0.25) is 0 Å². The Morgan fingerprint density at radius 2 is 2.13 bits per heavy atom. The molecule has 1 aromatic rings. The minimum Gasteiger partial charge on any atom is -0.462 e. The highest BCUT2D eigenvalue weighted by Gasteiger charge is 2.13. The van der Waals surface area contributed by atoms with E-state index in [1.54, 1.807) is 18.5 Å². The van der Waals surface area contributed by atoms with Crippen molar-refractivity contribution in [3.05, 3.63) is 18.5 Å². The van der Waals surface area contributed by atoms with Crippen LogP contribution in [0.2, 0.25) is 0 Å². The average molecular weight is 230 g/mol. The Morgan fingerprint density at radius 1 is 1.33 bits per heavy atom. The summed E-state index contributed by atoms with van der Waals surface area (Å²) in [6.45, 7) is 1.77. The van der Waals surface area contributed by atoms with Crippen molar-refractivity contribution in [3.63, 3.8) is 0 Å². The zero-order valence-electron chi connectivity index (χ0n) is 8.56. The first-order chi connectivity index (χ1) is 6.95. The smallest absolute Gasteiger partial charge is 0.316 e. The van der Waals surface area contributed by atoms with E-state index in [1.807, 2.05) is 0 Å². The molecule has 1 unspecified atom stereocenters. The molecule has 84 valence electrons. The summed E-state index contributed by atoms with van der Waals surface area (Å²) in [5.41, 5.74) is 0. The highest BCUT2D eigenvalue weighted by atomic mass is 35.5. The summed E-state index contributed by atoms with van der Waals surface area (Å²) in [5, 5.41) is 3.41. The van der Waals surface area contributed by atoms with Gasteiger partial charge in [-0.25, -0.2) is 9.97 Å². The summed E-state index contributed by atoms with van der Waals surface area (Å²) in [5.74, 6) is 0. The van der Waals surface area contributed by atoms with Crippen LogP contribution in [0.4, 0.5) is 0 Å². The minimum absolute atomic E-state index is 0. The molecule has 0 spiro atoms. The number of hydrogen-bond donors (Lipinski definition) is 1. The van der Waals surface area contributed by atoms with E-state index in [-0.39, 0.29) is 12.4 Å². The Labute approximate surface area is 95.9 Å². The fourth-order valence-corrected chi connectivity index (χ4v) is 1.60. The van der Waals surface area contributed by atoms with Gasteiger partial charge in [0.05, 0.1) is 0 Å². The number of halogens is 1. The van der Waals surface area contributed by atoms with Crippen LogP contribution < -0.4 is 10.1 Å². The highest BCUT2D eigenvalue weighted by Crippen LogP contribution is 2.08. The monoisotopic (exact) mass is 229 g/mol. The van der Waals surface area contributed by atoms with Gasteiger partial charge in [-0.1, -0.05) is 6.42 Å². The molecule has 1 fully saturated rings. The zero-order chi connectivity index (χ0) is 9.64. The molecule has 0 amide bonds. The fraction of sp³-hybridized carbons (Fsp3) is 0.600. The maximum Gasteiger partial charge on any atom is 0.316 e. The first-order valence-electron chi connectivity index (χ1n) is 5.08. The Kier molecular flexibility index (Phi) is 5.36. The van der Waals surface area contributed by atoms with E-state index >= 15 is 0 Å². The molecule has 1 N–H and O–H groups in total. The molecular weight excluding hydrogens is 214 g/mol. The van der Waals surface area contributed by atoms with E-state index in [0.717, 1.165) is 6.54 Å². The van der Waals surface area contributed by atoms with Crippen molar-refractivity contribution >= 4 is 12.4 Å². The van der Waals surface area contributed by atoms with Crippen molar-refractivity contribution in [3.8, 4) is 6.01 Å². The molecule has 0 aromatic carbocycles. The fourth-order valence-electron chi connectivity index (χ4n) is 1.60. The first kappa shape index (κ1) is 12.2. The molecular formula is C10H16ClN3O. The van der Waals surface area contributed by atoms with Gasteiger partial charge in [0.1, 0.15) is 6.61 Å². The second kappa shape index (κ2) is 6.58. The van der Waals surface area contributed by atoms with Gasteiger partial charge >= 0.3 is 6.01 Å². The van der Waals surface area contributed by atoms with Crippen LogP contribution in [0.1, 0.15) is 19.3 Å². The summed E-state index contributed by atoms with van der Waals surface area (Å²) >= 11 is 0. The van der Waals surface area contributed by atoms with E-state index < -0.39 is 0 Å². The molecule has 5 heteroatoms. The molecule has 1 atom stereocenters. The molecule has 0 aliphatic carbocycles.